The molecule has 0 bridgehead atoms. The van der Waals surface area contributed by atoms with Crippen LogP contribution in [0, 0.1) is 0 Å². The van der Waals surface area contributed by atoms with Gasteiger partial charge in [0, 0.05) is 54.8 Å². The third-order valence-corrected chi connectivity index (χ3v) is 8.63. The summed E-state index contributed by atoms with van der Waals surface area (Å²) in [6.45, 7) is 0. The molecule has 0 aliphatic heterocycles. The van der Waals surface area contributed by atoms with Gasteiger partial charge in [0.15, 0.2) is 0 Å². The smallest absolute Gasteiger partial charge is 0.137 e. The Bertz CT molecular complexity index is 2600. The van der Waals surface area contributed by atoms with Crippen molar-refractivity contribution in [2.75, 3.05) is 0 Å². The maximum absolute atomic E-state index is 6.33. The van der Waals surface area contributed by atoms with E-state index >= 15 is 0 Å². The van der Waals surface area contributed by atoms with Crippen LogP contribution >= 0.6 is 0 Å². The predicted octanol–water partition coefficient (Wildman–Crippen LogP) is 9.83. The molecule has 0 unspecified atom stereocenters. The fourth-order valence-electron chi connectivity index (χ4n) is 7.08. The SMILES string of the molecule is c1ccc(-n2c3ccccc3c3ccc4c(c5cccc6c7cc8c(cc7n4c65)oc4ccccc48)c32)cc1. The summed E-state index contributed by atoms with van der Waals surface area (Å²) in [4.78, 5) is 0. The van der Waals surface area contributed by atoms with Crippen molar-refractivity contribution < 1.29 is 4.42 Å². The molecule has 4 aromatic heterocycles. The van der Waals surface area contributed by atoms with Crippen molar-refractivity contribution in [1.29, 1.82) is 0 Å². The molecule has 0 fully saturated rings. The van der Waals surface area contributed by atoms with E-state index in [1.807, 2.05) is 6.07 Å². The van der Waals surface area contributed by atoms with E-state index < -0.39 is 0 Å². The highest BCUT2D eigenvalue weighted by Gasteiger charge is 2.23. The van der Waals surface area contributed by atoms with Crippen LogP contribution in [0.1, 0.15) is 0 Å². The zero-order chi connectivity index (χ0) is 25.2. The Morgan fingerprint density at radius 2 is 1.15 bits per heavy atom. The lowest BCUT2D eigenvalue weighted by atomic mass is 10.0. The summed E-state index contributed by atoms with van der Waals surface area (Å²) >= 11 is 0. The van der Waals surface area contributed by atoms with Gasteiger partial charge in [-0.2, -0.15) is 0 Å². The van der Waals surface area contributed by atoms with Gasteiger partial charge in [0.2, 0.25) is 0 Å². The van der Waals surface area contributed by atoms with Crippen LogP contribution in [0.4, 0.5) is 0 Å². The van der Waals surface area contributed by atoms with Gasteiger partial charge in [-0.15, -0.1) is 0 Å². The first kappa shape index (κ1) is 19.8. The number of hydrogen-bond acceptors (Lipinski definition) is 1. The zero-order valence-electron chi connectivity index (χ0n) is 20.8. The minimum absolute atomic E-state index is 0.928. The number of benzene rings is 6. The van der Waals surface area contributed by atoms with E-state index in [1.54, 1.807) is 0 Å². The summed E-state index contributed by atoms with van der Waals surface area (Å²) in [5, 5.41) is 10.0. The average molecular weight is 497 g/mol. The van der Waals surface area contributed by atoms with Gasteiger partial charge in [-0.1, -0.05) is 78.9 Å². The quantitative estimate of drug-likeness (QED) is 0.222. The van der Waals surface area contributed by atoms with Gasteiger partial charge >= 0.3 is 0 Å². The molecule has 10 rings (SSSR count). The Morgan fingerprint density at radius 3 is 2.08 bits per heavy atom. The molecule has 180 valence electrons. The largest absolute Gasteiger partial charge is 0.456 e. The van der Waals surface area contributed by atoms with Crippen molar-refractivity contribution in [3.63, 3.8) is 0 Å². The fourth-order valence-corrected chi connectivity index (χ4v) is 7.08. The van der Waals surface area contributed by atoms with Crippen LogP contribution in [0.2, 0.25) is 0 Å². The van der Waals surface area contributed by atoms with Gasteiger partial charge in [-0.05, 0) is 36.4 Å². The highest BCUT2D eigenvalue weighted by molar-refractivity contribution is 6.31. The molecule has 0 aliphatic rings. The number of hydrogen-bond donors (Lipinski definition) is 0. The molecule has 0 saturated heterocycles. The minimum Gasteiger partial charge on any atom is -0.456 e. The molecule has 0 aliphatic carbocycles. The van der Waals surface area contributed by atoms with E-state index in [0.717, 1.165) is 16.6 Å². The highest BCUT2D eigenvalue weighted by atomic mass is 16.3. The van der Waals surface area contributed by atoms with E-state index in [2.05, 4.69) is 124 Å². The lowest BCUT2D eigenvalue weighted by molar-refractivity contribution is 0.669. The standard InChI is InChI=1S/C36H20N2O/c1-2-9-21(10-3-1)37-29-15-6-4-11-22(29)25-17-18-30-34(36(25)37)26-14-8-13-24-27-19-28-23-12-5-7-16-32(23)39-33(28)20-31(27)38(30)35(24)26/h1-20H. The second kappa shape index (κ2) is 6.77. The summed E-state index contributed by atoms with van der Waals surface area (Å²) in [5.74, 6) is 0. The van der Waals surface area contributed by atoms with Crippen LogP contribution < -0.4 is 0 Å². The molecule has 3 heteroatoms. The van der Waals surface area contributed by atoms with E-state index in [-0.39, 0.29) is 0 Å². The molecule has 39 heavy (non-hydrogen) atoms. The molecule has 10 aromatic rings. The molecule has 0 radical (unpaired) electrons. The Labute approximate surface area is 222 Å². The maximum atomic E-state index is 6.33. The summed E-state index contributed by atoms with van der Waals surface area (Å²) in [5.41, 5.74) is 9.20. The fraction of sp³-hybridized carbons (Fsp3) is 0. The lowest BCUT2D eigenvalue weighted by Crippen LogP contribution is -1.93. The van der Waals surface area contributed by atoms with Gasteiger partial charge in [0.05, 0.1) is 27.6 Å². The van der Waals surface area contributed by atoms with Crippen LogP contribution in [0.5, 0.6) is 0 Å². The molecule has 6 aromatic carbocycles. The number of aromatic nitrogens is 2. The second-order valence-corrected chi connectivity index (χ2v) is 10.5. The molecule has 0 amide bonds. The average Bonchev–Trinajstić information content (AvgIpc) is 3.71. The van der Waals surface area contributed by atoms with Gasteiger partial charge in [-0.3, -0.25) is 0 Å². The molecule has 0 spiro atoms. The molecule has 0 saturated carbocycles. The van der Waals surface area contributed by atoms with E-state index in [9.17, 15) is 0 Å². The van der Waals surface area contributed by atoms with Gasteiger partial charge in [0.25, 0.3) is 0 Å². The van der Waals surface area contributed by atoms with Crippen molar-refractivity contribution in [3.05, 3.63) is 121 Å². The Balaban J connectivity index is 1.47. The van der Waals surface area contributed by atoms with Crippen LogP contribution in [0.15, 0.2) is 126 Å². The number of rotatable bonds is 1. The topological polar surface area (TPSA) is 22.5 Å². The maximum Gasteiger partial charge on any atom is 0.137 e. The van der Waals surface area contributed by atoms with Crippen molar-refractivity contribution in [3.8, 4) is 5.69 Å². The van der Waals surface area contributed by atoms with Gasteiger partial charge in [0.1, 0.15) is 11.2 Å². The van der Waals surface area contributed by atoms with Crippen molar-refractivity contribution in [1.82, 2.24) is 8.97 Å². The van der Waals surface area contributed by atoms with Crippen LogP contribution in [-0.2, 0) is 0 Å². The lowest BCUT2D eigenvalue weighted by Gasteiger charge is -2.09. The van der Waals surface area contributed by atoms with E-state index in [4.69, 9.17) is 4.42 Å². The Morgan fingerprint density at radius 1 is 0.410 bits per heavy atom. The summed E-state index contributed by atoms with van der Waals surface area (Å²) in [7, 11) is 0. The Hall–Kier alpha value is -5.28. The first-order chi connectivity index (χ1) is 19.4. The van der Waals surface area contributed by atoms with Gasteiger partial charge in [-0.25, -0.2) is 0 Å². The first-order valence-corrected chi connectivity index (χ1v) is 13.4. The van der Waals surface area contributed by atoms with E-state index in [1.165, 1.54) is 71.0 Å². The van der Waals surface area contributed by atoms with Crippen molar-refractivity contribution >= 4 is 81.8 Å². The van der Waals surface area contributed by atoms with Crippen molar-refractivity contribution in [2.24, 2.45) is 0 Å². The molecular formula is C36H20N2O. The highest BCUT2D eigenvalue weighted by Crippen LogP contribution is 2.45. The molecule has 3 nitrogen and oxygen atoms in total. The normalized spacial score (nSPS) is 12.6. The van der Waals surface area contributed by atoms with E-state index in [0.29, 0.717) is 0 Å². The predicted molar refractivity (Wildman–Crippen MR) is 163 cm³/mol. The summed E-state index contributed by atoms with van der Waals surface area (Å²) in [6.07, 6.45) is 0. The minimum atomic E-state index is 0.928. The third-order valence-electron chi connectivity index (χ3n) is 8.63. The van der Waals surface area contributed by atoms with Crippen LogP contribution in [-0.4, -0.2) is 8.97 Å². The number of para-hydroxylation sites is 4. The second-order valence-electron chi connectivity index (χ2n) is 10.5. The number of fused-ring (bicyclic) bond motifs is 13. The first-order valence-electron chi connectivity index (χ1n) is 13.4. The van der Waals surface area contributed by atoms with Crippen molar-refractivity contribution in [2.45, 2.75) is 0 Å². The Kier molecular flexibility index (Phi) is 3.44. The number of nitrogens with zero attached hydrogens (tertiary/aromatic N) is 2. The van der Waals surface area contributed by atoms with Crippen LogP contribution in [0.25, 0.3) is 87.5 Å². The molecule has 4 heterocycles. The molecular weight excluding hydrogens is 476 g/mol. The molecule has 0 N–H and O–H groups in total. The van der Waals surface area contributed by atoms with Crippen LogP contribution in [0.3, 0.4) is 0 Å². The molecule has 0 atom stereocenters. The zero-order valence-corrected chi connectivity index (χ0v) is 20.8. The number of furan rings is 1. The third kappa shape index (κ3) is 2.31. The monoisotopic (exact) mass is 496 g/mol. The summed E-state index contributed by atoms with van der Waals surface area (Å²) in [6, 6.07) is 43.7. The summed E-state index contributed by atoms with van der Waals surface area (Å²) < 4.78 is 11.2. The van der Waals surface area contributed by atoms with Gasteiger partial charge < -0.3 is 13.4 Å².